The molecule has 4 rings (SSSR count). The number of nitrogens with two attached hydrogens (primary N) is 1. The van der Waals surface area contributed by atoms with Crippen LogP contribution in [0.15, 0.2) is 42.7 Å². The number of piperidine rings is 1. The van der Waals surface area contributed by atoms with Crippen LogP contribution in [-0.2, 0) is 4.79 Å². The highest BCUT2D eigenvalue weighted by Gasteiger charge is 2.24. The Labute approximate surface area is 167 Å². The molecule has 0 aliphatic carbocycles. The first-order valence-electron chi connectivity index (χ1n) is 9.26. The summed E-state index contributed by atoms with van der Waals surface area (Å²) in [6, 6.07) is 9.81. The van der Waals surface area contributed by atoms with Gasteiger partial charge in [-0.05, 0) is 49.6 Å². The van der Waals surface area contributed by atoms with Crippen LogP contribution in [-0.4, -0.2) is 33.9 Å². The minimum Gasteiger partial charge on any atom is -0.369 e. The molecule has 8 heteroatoms. The zero-order valence-electron chi connectivity index (χ0n) is 15.6. The molecule has 4 heterocycles. The second-order valence-corrected chi connectivity index (χ2v) is 7.93. The quantitative estimate of drug-likeness (QED) is 0.689. The molecule has 0 aromatic carbocycles. The molecule has 0 unspecified atom stereocenters. The van der Waals surface area contributed by atoms with Crippen LogP contribution in [0.3, 0.4) is 0 Å². The van der Waals surface area contributed by atoms with Gasteiger partial charge in [0.1, 0.15) is 11.6 Å². The normalized spacial score (nSPS) is 14.8. The van der Waals surface area contributed by atoms with Crippen LogP contribution in [0.4, 0.5) is 16.8 Å². The highest BCUT2D eigenvalue weighted by Crippen LogP contribution is 2.33. The van der Waals surface area contributed by atoms with Gasteiger partial charge >= 0.3 is 0 Å². The molecule has 0 saturated carbocycles. The topological polar surface area (TPSA) is 97.0 Å². The molecule has 1 aliphatic heterocycles. The minimum absolute atomic E-state index is 0.0182. The number of hydrogen-bond donors (Lipinski definition) is 2. The molecule has 0 spiro atoms. The molecule has 1 amide bonds. The standard InChI is InChI=1S/C20H22N6OS/c1-13-5-8-22-18(11-13)25-17-4-2-3-15(24-17)16-12-23-20(28-16)26-9-6-14(7-10-26)19(21)27/h2-5,8,11-12,14H,6-7,9-10H2,1H3,(H2,21,27)(H,22,24,25). The van der Waals surface area contributed by atoms with E-state index in [1.54, 1.807) is 17.5 Å². The lowest BCUT2D eigenvalue weighted by Gasteiger charge is -2.30. The number of aromatic nitrogens is 3. The predicted molar refractivity (Wildman–Crippen MR) is 112 cm³/mol. The number of nitrogens with one attached hydrogen (secondary N) is 1. The number of thiazole rings is 1. The molecule has 0 atom stereocenters. The van der Waals surface area contributed by atoms with Crippen molar-refractivity contribution in [2.45, 2.75) is 19.8 Å². The average Bonchev–Trinajstić information content (AvgIpc) is 3.19. The van der Waals surface area contributed by atoms with Crippen LogP contribution in [0.1, 0.15) is 18.4 Å². The Morgan fingerprint density at radius 1 is 1.21 bits per heavy atom. The van der Waals surface area contributed by atoms with Crippen molar-refractivity contribution in [3.63, 3.8) is 0 Å². The number of primary amides is 1. The molecule has 3 aromatic rings. The van der Waals surface area contributed by atoms with Crippen molar-refractivity contribution in [3.05, 3.63) is 48.3 Å². The Kier molecular flexibility index (Phi) is 5.21. The lowest BCUT2D eigenvalue weighted by molar-refractivity contribution is -0.122. The highest BCUT2D eigenvalue weighted by molar-refractivity contribution is 7.18. The van der Waals surface area contributed by atoms with Crippen LogP contribution in [0, 0.1) is 12.8 Å². The zero-order valence-corrected chi connectivity index (χ0v) is 16.4. The van der Waals surface area contributed by atoms with Gasteiger partial charge in [0, 0.05) is 31.4 Å². The highest BCUT2D eigenvalue weighted by atomic mass is 32.1. The Hall–Kier alpha value is -3.00. The van der Waals surface area contributed by atoms with E-state index >= 15 is 0 Å². The van der Waals surface area contributed by atoms with Crippen LogP contribution in [0.5, 0.6) is 0 Å². The predicted octanol–water partition coefficient (Wildman–Crippen LogP) is 3.35. The summed E-state index contributed by atoms with van der Waals surface area (Å²) in [6.07, 6.45) is 5.20. The summed E-state index contributed by atoms with van der Waals surface area (Å²) in [5.74, 6) is 1.30. The van der Waals surface area contributed by atoms with Crippen molar-refractivity contribution in [3.8, 4) is 10.6 Å². The van der Waals surface area contributed by atoms with E-state index in [0.717, 1.165) is 58.8 Å². The Morgan fingerprint density at radius 2 is 2.04 bits per heavy atom. The van der Waals surface area contributed by atoms with Crippen LogP contribution in [0.25, 0.3) is 10.6 Å². The molecule has 1 fully saturated rings. The number of nitrogens with zero attached hydrogens (tertiary/aromatic N) is 4. The van der Waals surface area contributed by atoms with Crippen molar-refractivity contribution in [2.24, 2.45) is 11.7 Å². The number of hydrogen-bond acceptors (Lipinski definition) is 7. The number of anilines is 3. The fraction of sp³-hybridized carbons (Fsp3) is 0.300. The average molecular weight is 395 g/mol. The monoisotopic (exact) mass is 394 g/mol. The molecule has 144 valence electrons. The lowest BCUT2D eigenvalue weighted by Crippen LogP contribution is -2.38. The molecule has 3 N–H and O–H groups in total. The third kappa shape index (κ3) is 4.12. The minimum atomic E-state index is -0.198. The Balaban J connectivity index is 1.47. The van der Waals surface area contributed by atoms with E-state index < -0.39 is 0 Å². The van der Waals surface area contributed by atoms with Gasteiger partial charge in [-0.15, -0.1) is 0 Å². The SMILES string of the molecule is Cc1ccnc(Nc2cccc(-c3cnc(N4CCC(C(N)=O)CC4)s3)n2)c1. The Morgan fingerprint density at radius 3 is 2.79 bits per heavy atom. The van der Waals surface area contributed by atoms with Crippen LogP contribution >= 0.6 is 11.3 Å². The van der Waals surface area contributed by atoms with E-state index in [4.69, 9.17) is 10.7 Å². The van der Waals surface area contributed by atoms with E-state index in [-0.39, 0.29) is 11.8 Å². The summed E-state index contributed by atoms with van der Waals surface area (Å²) in [5, 5.41) is 4.21. The molecule has 28 heavy (non-hydrogen) atoms. The number of rotatable bonds is 5. The number of amides is 1. The molecule has 1 aliphatic rings. The zero-order chi connectivity index (χ0) is 19.5. The van der Waals surface area contributed by atoms with E-state index in [2.05, 4.69) is 20.2 Å². The van der Waals surface area contributed by atoms with Crippen LogP contribution < -0.4 is 16.0 Å². The van der Waals surface area contributed by atoms with Gasteiger partial charge in [-0.3, -0.25) is 4.79 Å². The van der Waals surface area contributed by atoms with Crippen LogP contribution in [0.2, 0.25) is 0 Å². The van der Waals surface area contributed by atoms with Gasteiger partial charge in [0.05, 0.1) is 10.6 Å². The number of carbonyl (C=O) groups excluding carboxylic acids is 1. The third-order valence-electron chi connectivity index (χ3n) is 4.83. The van der Waals surface area contributed by atoms with Crippen molar-refractivity contribution in [1.82, 2.24) is 15.0 Å². The first-order valence-corrected chi connectivity index (χ1v) is 10.1. The van der Waals surface area contributed by atoms with Crippen molar-refractivity contribution in [2.75, 3.05) is 23.3 Å². The summed E-state index contributed by atoms with van der Waals surface area (Å²) in [4.78, 5) is 28.2. The maximum atomic E-state index is 11.3. The first-order chi connectivity index (χ1) is 13.6. The molecule has 0 radical (unpaired) electrons. The van der Waals surface area contributed by atoms with Gasteiger partial charge < -0.3 is 16.0 Å². The molecular weight excluding hydrogens is 372 g/mol. The largest absolute Gasteiger partial charge is 0.369 e. The van der Waals surface area contributed by atoms with Crippen molar-refractivity contribution in [1.29, 1.82) is 0 Å². The number of carbonyl (C=O) groups is 1. The molecule has 1 saturated heterocycles. The number of pyridine rings is 2. The smallest absolute Gasteiger partial charge is 0.220 e. The van der Waals surface area contributed by atoms with E-state index in [1.165, 1.54) is 0 Å². The fourth-order valence-electron chi connectivity index (χ4n) is 3.26. The van der Waals surface area contributed by atoms with Gasteiger partial charge in [0.15, 0.2) is 5.13 Å². The van der Waals surface area contributed by atoms with Gasteiger partial charge in [-0.2, -0.15) is 0 Å². The van der Waals surface area contributed by atoms with Gasteiger partial charge in [-0.25, -0.2) is 15.0 Å². The van der Waals surface area contributed by atoms with E-state index in [0.29, 0.717) is 0 Å². The van der Waals surface area contributed by atoms with Gasteiger partial charge in [0.2, 0.25) is 5.91 Å². The fourth-order valence-corrected chi connectivity index (χ4v) is 4.20. The summed E-state index contributed by atoms with van der Waals surface area (Å²) < 4.78 is 0. The lowest BCUT2D eigenvalue weighted by atomic mass is 9.97. The summed E-state index contributed by atoms with van der Waals surface area (Å²) >= 11 is 1.61. The maximum absolute atomic E-state index is 11.3. The molecule has 3 aromatic heterocycles. The Bertz CT molecular complexity index is 980. The molecule has 7 nitrogen and oxygen atoms in total. The summed E-state index contributed by atoms with van der Waals surface area (Å²) in [7, 11) is 0. The summed E-state index contributed by atoms with van der Waals surface area (Å²) in [6.45, 7) is 3.63. The first kappa shape index (κ1) is 18.4. The van der Waals surface area contributed by atoms with Gasteiger partial charge in [-0.1, -0.05) is 17.4 Å². The maximum Gasteiger partial charge on any atom is 0.220 e. The summed E-state index contributed by atoms with van der Waals surface area (Å²) in [5.41, 5.74) is 7.43. The van der Waals surface area contributed by atoms with E-state index in [9.17, 15) is 4.79 Å². The second-order valence-electron chi connectivity index (χ2n) is 6.92. The van der Waals surface area contributed by atoms with Crippen molar-refractivity contribution >= 4 is 34.0 Å². The second kappa shape index (κ2) is 7.93. The number of aryl methyl sites for hydroxylation is 1. The van der Waals surface area contributed by atoms with Gasteiger partial charge in [0.25, 0.3) is 0 Å². The molecule has 0 bridgehead atoms. The van der Waals surface area contributed by atoms with E-state index in [1.807, 2.05) is 43.5 Å². The molecular formula is C20H22N6OS. The van der Waals surface area contributed by atoms with Crippen molar-refractivity contribution < 1.29 is 4.79 Å². The third-order valence-corrected chi connectivity index (χ3v) is 5.92.